The van der Waals surface area contributed by atoms with Gasteiger partial charge in [0, 0.05) is 5.41 Å². The Morgan fingerprint density at radius 3 is 1.57 bits per heavy atom. The zero-order chi connectivity index (χ0) is 35.4. The van der Waals surface area contributed by atoms with E-state index in [1.165, 1.54) is 116 Å². The fraction of sp³-hybridized carbons (Fsp3) is 0.312. The topological polar surface area (TPSA) is 0 Å². The molecule has 3 heteroatoms. The second-order valence-electron chi connectivity index (χ2n) is 15.7. The van der Waals surface area contributed by atoms with Crippen molar-refractivity contribution in [2.75, 3.05) is 0 Å². The summed E-state index contributed by atoms with van der Waals surface area (Å²) in [6, 6.07) is 27.3. The second-order valence-corrected chi connectivity index (χ2v) is 17.0. The maximum atomic E-state index is 3.65. The van der Waals surface area contributed by atoms with E-state index in [4.69, 9.17) is 0 Å². The molecule has 0 N–H and O–H groups in total. The second kappa shape index (κ2) is 15.6. The average Bonchev–Trinajstić information content (AvgIpc) is 3.69. The van der Waals surface area contributed by atoms with E-state index in [2.05, 4.69) is 173 Å². The SMILES string of the molecule is CC1=[C-]C(C)(C)c2cc3c(cc21)-c1cc2c(cc1C3)C(C)(C)C=C2C.CC1=[C-]C(C)C=C1C.Cc1ccc([C](=[Zr+2])c2ccc(C)cc2)cc1.[Cl-].[Cl-]. The molecule has 1 unspecified atom stereocenters. The molecular weight excluding hydrogens is 739 g/mol. The van der Waals surface area contributed by atoms with Crippen molar-refractivity contribution < 1.29 is 49.0 Å². The van der Waals surface area contributed by atoms with Crippen LogP contribution in [0.4, 0.5) is 0 Å². The van der Waals surface area contributed by atoms with Crippen LogP contribution in [-0.2, 0) is 41.5 Å². The van der Waals surface area contributed by atoms with Gasteiger partial charge in [-0.05, 0) is 58.4 Å². The Morgan fingerprint density at radius 2 is 1.12 bits per heavy atom. The van der Waals surface area contributed by atoms with Crippen molar-refractivity contribution in [3.63, 3.8) is 0 Å². The van der Waals surface area contributed by atoms with Crippen LogP contribution in [0.2, 0.25) is 0 Å². The summed E-state index contributed by atoms with van der Waals surface area (Å²) in [7, 11) is 0. The first-order valence-corrected chi connectivity index (χ1v) is 19.0. The largest absolute Gasteiger partial charge is 1.00 e. The van der Waals surface area contributed by atoms with Gasteiger partial charge in [0.2, 0.25) is 0 Å². The van der Waals surface area contributed by atoms with Crippen molar-refractivity contribution in [2.45, 2.75) is 93.4 Å². The first kappa shape index (κ1) is 40.9. The van der Waals surface area contributed by atoms with Gasteiger partial charge in [0.15, 0.2) is 0 Å². The maximum absolute atomic E-state index is 3.65. The van der Waals surface area contributed by atoms with Gasteiger partial charge in [0.05, 0.1) is 0 Å². The van der Waals surface area contributed by atoms with Gasteiger partial charge in [-0.15, -0.1) is 18.6 Å². The third kappa shape index (κ3) is 8.38. The third-order valence-corrected chi connectivity index (χ3v) is 12.1. The predicted octanol–water partition coefficient (Wildman–Crippen LogP) is 6.21. The molecule has 262 valence electrons. The van der Waals surface area contributed by atoms with E-state index in [9.17, 15) is 0 Å². The molecule has 0 aliphatic heterocycles. The Morgan fingerprint density at radius 1 is 0.627 bits per heavy atom. The summed E-state index contributed by atoms with van der Waals surface area (Å²) in [5, 5.41) is 0. The number of fused-ring (bicyclic) bond motifs is 5. The van der Waals surface area contributed by atoms with Crippen LogP contribution in [0.5, 0.6) is 0 Å². The predicted molar refractivity (Wildman–Crippen MR) is 208 cm³/mol. The molecule has 0 aromatic heterocycles. The Labute approximate surface area is 335 Å². The van der Waals surface area contributed by atoms with Crippen molar-refractivity contribution in [3.8, 4) is 11.1 Å². The number of allylic oxidation sites excluding steroid dienone is 8. The normalized spacial score (nSPS) is 17.6. The van der Waals surface area contributed by atoms with E-state index in [1.54, 1.807) is 0 Å². The van der Waals surface area contributed by atoms with Crippen LogP contribution in [0.3, 0.4) is 0 Å². The number of aryl methyl sites for hydroxylation is 2. The van der Waals surface area contributed by atoms with Gasteiger partial charge in [-0.1, -0.05) is 78.0 Å². The van der Waals surface area contributed by atoms with Gasteiger partial charge in [0.25, 0.3) is 0 Å². The molecule has 0 saturated heterocycles. The van der Waals surface area contributed by atoms with Crippen LogP contribution in [0, 0.1) is 31.9 Å². The summed E-state index contributed by atoms with van der Waals surface area (Å²) < 4.78 is 1.42. The molecule has 1 atom stereocenters. The number of rotatable bonds is 2. The van der Waals surface area contributed by atoms with Crippen LogP contribution in [0.1, 0.15) is 118 Å². The van der Waals surface area contributed by atoms with E-state index >= 15 is 0 Å². The van der Waals surface area contributed by atoms with Gasteiger partial charge in [-0.2, -0.15) is 11.6 Å². The first-order valence-electron chi connectivity index (χ1n) is 17.7. The number of hydrogen-bond donors (Lipinski definition) is 0. The van der Waals surface area contributed by atoms with Crippen molar-refractivity contribution in [3.05, 3.63) is 164 Å². The minimum atomic E-state index is 0. The quantitative estimate of drug-likeness (QED) is 0.187. The summed E-state index contributed by atoms with van der Waals surface area (Å²) in [4.78, 5) is 0. The monoisotopic (exact) mass is 786 g/mol. The van der Waals surface area contributed by atoms with E-state index in [0.717, 1.165) is 6.42 Å². The summed E-state index contributed by atoms with van der Waals surface area (Å²) in [6.07, 6.45) is 12.7. The Kier molecular flexibility index (Phi) is 12.6. The smallest absolute Gasteiger partial charge is 1.00 e. The van der Waals surface area contributed by atoms with E-state index < -0.39 is 0 Å². The number of benzene rings is 4. The number of hydrogen-bond acceptors (Lipinski definition) is 0. The molecule has 4 aliphatic rings. The van der Waals surface area contributed by atoms with E-state index in [1.807, 2.05) is 0 Å². The molecule has 0 nitrogen and oxygen atoms in total. The Bertz CT molecular complexity index is 1950. The van der Waals surface area contributed by atoms with Crippen molar-refractivity contribution in [1.29, 1.82) is 0 Å². The molecule has 4 aliphatic carbocycles. The van der Waals surface area contributed by atoms with Crippen LogP contribution >= 0.6 is 0 Å². The van der Waals surface area contributed by atoms with E-state index in [0.29, 0.717) is 5.92 Å². The zero-order valence-electron chi connectivity index (χ0n) is 32.1. The molecule has 0 heterocycles. The average molecular weight is 789 g/mol. The van der Waals surface area contributed by atoms with Gasteiger partial charge in [0.1, 0.15) is 0 Å². The summed E-state index contributed by atoms with van der Waals surface area (Å²) in [5.41, 5.74) is 22.6. The van der Waals surface area contributed by atoms with Crippen LogP contribution in [0.25, 0.3) is 22.3 Å². The Hall–Kier alpha value is -2.83. The molecular formula is C48H50Cl2Zr-2. The number of halogens is 2. The van der Waals surface area contributed by atoms with Crippen molar-refractivity contribution in [1.82, 2.24) is 0 Å². The molecule has 0 spiro atoms. The molecule has 4 aromatic carbocycles. The first-order chi connectivity index (χ1) is 23.0. The molecule has 0 fully saturated rings. The van der Waals surface area contributed by atoms with Gasteiger partial charge < -0.3 is 24.8 Å². The maximum Gasteiger partial charge on any atom is -1.00 e. The summed E-state index contributed by atoms with van der Waals surface area (Å²) in [5.74, 6) is 0.551. The van der Waals surface area contributed by atoms with Crippen LogP contribution < -0.4 is 24.8 Å². The van der Waals surface area contributed by atoms with Crippen LogP contribution in [0.15, 0.2) is 96.1 Å². The summed E-state index contributed by atoms with van der Waals surface area (Å²) in [6.45, 7) is 24.3. The molecule has 4 aromatic rings. The van der Waals surface area contributed by atoms with Crippen LogP contribution in [-0.4, -0.2) is 3.21 Å². The molecule has 0 radical (unpaired) electrons. The molecule has 51 heavy (non-hydrogen) atoms. The summed E-state index contributed by atoms with van der Waals surface area (Å²) >= 11 is 1.46. The minimum absolute atomic E-state index is 0. The van der Waals surface area contributed by atoms with Gasteiger partial charge in [-0.25, -0.2) is 16.7 Å². The molecule has 8 rings (SSSR count). The minimum Gasteiger partial charge on any atom is -1.00 e. The fourth-order valence-electron chi connectivity index (χ4n) is 7.88. The van der Waals surface area contributed by atoms with Gasteiger partial charge in [-0.3, -0.25) is 12.2 Å². The molecule has 0 bridgehead atoms. The zero-order valence-corrected chi connectivity index (χ0v) is 36.1. The fourth-order valence-corrected chi connectivity index (χ4v) is 8.70. The third-order valence-electron chi connectivity index (χ3n) is 10.6. The van der Waals surface area contributed by atoms with Gasteiger partial charge >= 0.3 is 112 Å². The van der Waals surface area contributed by atoms with E-state index in [-0.39, 0.29) is 35.6 Å². The Balaban J connectivity index is 0.000000193. The van der Waals surface area contributed by atoms with Crippen molar-refractivity contribution in [2.24, 2.45) is 5.92 Å². The molecule has 0 saturated carbocycles. The standard InChI is InChI=1S/C25H25.C15H14.C8H11.2ClH.Zr/c1-14-12-24(3,4)22-8-16-7-17-9-23-19(15(2)13-25(23,5)6)11-21(17)20(16)10-18(14)22;1-12-3-7-14(8-4-12)11-15-9-5-13(2)6-10-15;1-6-4-7(2)8(3)5-6;;;/h8-12H,7H2,1-6H3;3-10H,1-2H3;4,6H,1-3H3;2*1H;/q-1;;-1;;;+2/p-2. The van der Waals surface area contributed by atoms with Crippen molar-refractivity contribution >= 4 is 14.4 Å². The molecule has 0 amide bonds.